The van der Waals surface area contributed by atoms with Gasteiger partial charge in [-0.3, -0.25) is 13.9 Å². The minimum Gasteiger partial charge on any atom is -0.351 e. The van der Waals surface area contributed by atoms with Crippen LogP contribution in [0.3, 0.4) is 0 Å². The highest BCUT2D eigenvalue weighted by atomic mass is 16.2. The lowest BCUT2D eigenvalue weighted by Crippen LogP contribution is -2.36. The fraction of sp³-hybridized carbons (Fsp3) is 0.545. The quantitative estimate of drug-likeness (QED) is 0.756. The largest absolute Gasteiger partial charge is 0.351 e. The van der Waals surface area contributed by atoms with Crippen LogP contribution in [0.25, 0.3) is 11.2 Å². The van der Waals surface area contributed by atoms with Crippen molar-refractivity contribution in [2.45, 2.75) is 26.3 Å². The summed E-state index contributed by atoms with van der Waals surface area (Å²) in [4.78, 5) is 30.8. The summed E-state index contributed by atoms with van der Waals surface area (Å²) in [5, 5.41) is 3.13. The molecule has 7 heteroatoms. The van der Waals surface area contributed by atoms with Crippen molar-refractivity contribution in [3.63, 3.8) is 0 Å². The number of nitrogens with zero attached hydrogens (tertiary/aromatic N) is 3. The Kier molecular flexibility index (Phi) is 2.57. The van der Waals surface area contributed by atoms with Crippen LogP contribution in [-0.4, -0.2) is 24.6 Å². The van der Waals surface area contributed by atoms with Crippen LogP contribution in [-0.2, 0) is 14.1 Å². The van der Waals surface area contributed by atoms with E-state index in [0.29, 0.717) is 17.1 Å². The number of nitrogens with one attached hydrogen (secondary N) is 2. The van der Waals surface area contributed by atoms with Gasteiger partial charge in [-0.1, -0.05) is 0 Å². The van der Waals surface area contributed by atoms with Crippen LogP contribution in [0, 0.1) is 0 Å². The number of hydrogen-bond donors (Lipinski definition) is 2. The van der Waals surface area contributed by atoms with Gasteiger partial charge < -0.3 is 10.3 Å². The maximum atomic E-state index is 11.9. The van der Waals surface area contributed by atoms with E-state index in [2.05, 4.69) is 15.3 Å². The number of hydrogen-bond acceptors (Lipinski definition) is 4. The first-order chi connectivity index (χ1) is 8.20. The molecule has 0 bridgehead atoms. The van der Waals surface area contributed by atoms with Gasteiger partial charge in [0.05, 0.1) is 0 Å². The minimum absolute atomic E-state index is 0.183. The van der Waals surface area contributed by atoms with E-state index in [1.807, 2.05) is 20.8 Å². The summed E-state index contributed by atoms with van der Waals surface area (Å²) in [7, 11) is 3.04. The van der Waals surface area contributed by atoms with E-state index in [1.54, 1.807) is 7.05 Å². The van der Waals surface area contributed by atoms with Gasteiger partial charge in [0.2, 0.25) is 5.95 Å². The first-order valence-corrected chi connectivity index (χ1v) is 5.64. The van der Waals surface area contributed by atoms with Crippen molar-refractivity contribution in [1.29, 1.82) is 0 Å². The molecule has 0 saturated carbocycles. The molecule has 18 heavy (non-hydrogen) atoms. The molecule has 2 rings (SSSR count). The Morgan fingerprint density at radius 2 is 1.78 bits per heavy atom. The Hall–Kier alpha value is -2.05. The molecule has 0 saturated heterocycles. The molecule has 0 amide bonds. The van der Waals surface area contributed by atoms with Crippen molar-refractivity contribution in [1.82, 2.24) is 19.1 Å². The number of fused-ring (bicyclic) bond motifs is 1. The first kappa shape index (κ1) is 12.4. The smallest absolute Gasteiger partial charge is 0.332 e. The Bertz CT molecular complexity index is 714. The van der Waals surface area contributed by atoms with Crippen LogP contribution < -0.4 is 16.6 Å². The van der Waals surface area contributed by atoms with E-state index in [0.717, 1.165) is 4.57 Å². The van der Waals surface area contributed by atoms with E-state index >= 15 is 0 Å². The number of aromatic amines is 1. The zero-order chi connectivity index (χ0) is 13.7. The summed E-state index contributed by atoms with van der Waals surface area (Å²) in [6, 6.07) is 0. The van der Waals surface area contributed by atoms with E-state index in [9.17, 15) is 9.59 Å². The van der Waals surface area contributed by atoms with Gasteiger partial charge in [0.15, 0.2) is 11.2 Å². The fourth-order valence-electron chi connectivity index (χ4n) is 1.74. The maximum absolute atomic E-state index is 11.9. The molecule has 0 aromatic carbocycles. The number of anilines is 1. The summed E-state index contributed by atoms with van der Waals surface area (Å²) in [6.07, 6.45) is 0. The van der Waals surface area contributed by atoms with Gasteiger partial charge in [0, 0.05) is 19.6 Å². The van der Waals surface area contributed by atoms with Gasteiger partial charge in [0.25, 0.3) is 5.56 Å². The lowest BCUT2D eigenvalue weighted by atomic mass is 10.1. The molecule has 0 unspecified atom stereocenters. The Morgan fingerprint density at radius 3 is 2.33 bits per heavy atom. The molecule has 0 aliphatic rings. The first-order valence-electron chi connectivity index (χ1n) is 5.64. The molecule has 2 aromatic heterocycles. The van der Waals surface area contributed by atoms with Crippen LogP contribution in [0.1, 0.15) is 20.8 Å². The second kappa shape index (κ2) is 3.72. The predicted octanol–water partition coefficient (Wildman–Crippen LogP) is 0.171. The second-order valence-electron chi connectivity index (χ2n) is 5.36. The molecule has 2 heterocycles. The van der Waals surface area contributed by atoms with Crippen molar-refractivity contribution in [2.75, 3.05) is 5.32 Å². The summed E-state index contributed by atoms with van der Waals surface area (Å²) in [5.74, 6) is 0.482. The molecular weight excluding hydrogens is 234 g/mol. The zero-order valence-corrected chi connectivity index (χ0v) is 11.2. The van der Waals surface area contributed by atoms with Crippen molar-refractivity contribution in [3.8, 4) is 0 Å². The van der Waals surface area contributed by atoms with Crippen molar-refractivity contribution in [2.24, 2.45) is 14.1 Å². The van der Waals surface area contributed by atoms with E-state index in [-0.39, 0.29) is 16.8 Å². The summed E-state index contributed by atoms with van der Waals surface area (Å²) in [6.45, 7) is 5.95. The monoisotopic (exact) mass is 251 g/mol. The molecule has 7 nitrogen and oxygen atoms in total. The predicted molar refractivity (Wildman–Crippen MR) is 70.0 cm³/mol. The maximum Gasteiger partial charge on any atom is 0.332 e. The van der Waals surface area contributed by atoms with Gasteiger partial charge >= 0.3 is 5.69 Å². The van der Waals surface area contributed by atoms with Gasteiger partial charge in [-0.15, -0.1) is 0 Å². The van der Waals surface area contributed by atoms with Crippen molar-refractivity contribution in [3.05, 3.63) is 20.8 Å². The number of rotatable bonds is 1. The molecule has 98 valence electrons. The van der Waals surface area contributed by atoms with E-state index in [1.165, 1.54) is 11.6 Å². The Morgan fingerprint density at radius 1 is 1.17 bits per heavy atom. The SMILES string of the molecule is Cn1c(=O)c2[nH]c(NC(C)(C)C)nc2n(C)c1=O. The second-order valence-corrected chi connectivity index (χ2v) is 5.36. The van der Waals surface area contributed by atoms with Crippen molar-refractivity contribution >= 4 is 17.1 Å². The number of H-pyrrole nitrogens is 1. The highest BCUT2D eigenvalue weighted by Crippen LogP contribution is 2.13. The van der Waals surface area contributed by atoms with Crippen LogP contribution in [0.15, 0.2) is 9.59 Å². The van der Waals surface area contributed by atoms with Crippen LogP contribution in [0.2, 0.25) is 0 Å². The van der Waals surface area contributed by atoms with Crippen LogP contribution in [0.4, 0.5) is 5.95 Å². The molecule has 0 spiro atoms. The molecule has 0 fully saturated rings. The topological polar surface area (TPSA) is 84.7 Å². The summed E-state index contributed by atoms with van der Waals surface area (Å²) in [5.41, 5.74) is -0.261. The molecule has 0 radical (unpaired) electrons. The normalized spacial score (nSPS) is 12.1. The van der Waals surface area contributed by atoms with Gasteiger partial charge in [0.1, 0.15) is 0 Å². The number of aryl methyl sites for hydroxylation is 1. The minimum atomic E-state index is -0.388. The lowest BCUT2D eigenvalue weighted by Gasteiger charge is -2.19. The van der Waals surface area contributed by atoms with E-state index < -0.39 is 0 Å². The average molecular weight is 251 g/mol. The fourth-order valence-corrected chi connectivity index (χ4v) is 1.74. The third kappa shape index (κ3) is 1.92. The van der Waals surface area contributed by atoms with Crippen LogP contribution in [0.5, 0.6) is 0 Å². The molecule has 0 aliphatic heterocycles. The summed E-state index contributed by atoms with van der Waals surface area (Å²) < 4.78 is 2.41. The molecule has 2 aromatic rings. The third-order valence-electron chi connectivity index (χ3n) is 2.59. The zero-order valence-electron chi connectivity index (χ0n) is 11.2. The molecule has 0 atom stereocenters. The van der Waals surface area contributed by atoms with E-state index in [4.69, 9.17) is 0 Å². The van der Waals surface area contributed by atoms with Gasteiger partial charge in [-0.25, -0.2) is 4.79 Å². The number of imidazole rings is 1. The number of aromatic nitrogens is 4. The Balaban J connectivity index is 2.73. The van der Waals surface area contributed by atoms with Crippen LogP contribution >= 0.6 is 0 Å². The molecule has 2 N–H and O–H groups in total. The lowest BCUT2D eigenvalue weighted by molar-refractivity contribution is 0.627. The molecular formula is C11H17N5O2. The van der Waals surface area contributed by atoms with Gasteiger partial charge in [-0.2, -0.15) is 4.98 Å². The summed E-state index contributed by atoms with van der Waals surface area (Å²) >= 11 is 0. The standard InChI is InChI=1S/C11H17N5O2/c1-11(2,3)14-9-12-6-7(13-9)15(4)10(18)16(5)8(6)17/h1-5H3,(H2,12,13,14). The highest BCUT2D eigenvalue weighted by Gasteiger charge is 2.16. The highest BCUT2D eigenvalue weighted by molar-refractivity contribution is 5.72. The third-order valence-corrected chi connectivity index (χ3v) is 2.59. The van der Waals surface area contributed by atoms with Gasteiger partial charge in [-0.05, 0) is 20.8 Å². The Labute approximate surface area is 103 Å². The molecule has 0 aliphatic carbocycles. The van der Waals surface area contributed by atoms with Crippen molar-refractivity contribution < 1.29 is 0 Å². The average Bonchev–Trinajstić information content (AvgIpc) is 2.65.